The van der Waals surface area contributed by atoms with E-state index < -0.39 is 12.6 Å². The SMILES string of the molecule is CC(C)(C)NCc1cccc(COCCC(F)(F)F)n1. The van der Waals surface area contributed by atoms with Gasteiger partial charge in [-0.2, -0.15) is 13.2 Å². The van der Waals surface area contributed by atoms with Crippen LogP contribution in [0.5, 0.6) is 0 Å². The van der Waals surface area contributed by atoms with Crippen molar-refractivity contribution in [3.63, 3.8) is 0 Å². The first kappa shape index (κ1) is 16.9. The van der Waals surface area contributed by atoms with Crippen molar-refractivity contribution in [3.8, 4) is 0 Å². The lowest BCUT2D eigenvalue weighted by Gasteiger charge is -2.20. The molecule has 0 amide bonds. The molecule has 1 heterocycles. The van der Waals surface area contributed by atoms with Gasteiger partial charge in [0.15, 0.2) is 0 Å². The summed E-state index contributed by atoms with van der Waals surface area (Å²) in [5.41, 5.74) is 1.47. The lowest BCUT2D eigenvalue weighted by atomic mass is 10.1. The molecule has 0 spiro atoms. The Morgan fingerprint density at radius 1 is 1.15 bits per heavy atom. The largest absolute Gasteiger partial charge is 0.391 e. The molecule has 0 fully saturated rings. The Morgan fingerprint density at radius 3 is 2.40 bits per heavy atom. The van der Waals surface area contributed by atoms with Crippen molar-refractivity contribution in [2.45, 2.75) is 52.1 Å². The molecular weight excluding hydrogens is 269 g/mol. The Hall–Kier alpha value is -1.14. The van der Waals surface area contributed by atoms with Gasteiger partial charge in [-0.25, -0.2) is 0 Å². The van der Waals surface area contributed by atoms with Crippen LogP contribution < -0.4 is 5.32 Å². The van der Waals surface area contributed by atoms with Gasteiger partial charge < -0.3 is 10.1 Å². The summed E-state index contributed by atoms with van der Waals surface area (Å²) in [5, 5.41) is 3.30. The molecule has 0 bridgehead atoms. The quantitative estimate of drug-likeness (QED) is 0.815. The molecule has 6 heteroatoms. The van der Waals surface area contributed by atoms with Gasteiger partial charge in [-0.05, 0) is 32.9 Å². The highest BCUT2D eigenvalue weighted by molar-refractivity contribution is 5.10. The van der Waals surface area contributed by atoms with E-state index in [1.807, 2.05) is 12.1 Å². The van der Waals surface area contributed by atoms with Crippen LogP contribution in [-0.4, -0.2) is 23.3 Å². The van der Waals surface area contributed by atoms with Gasteiger partial charge in [0.1, 0.15) is 0 Å². The van der Waals surface area contributed by atoms with E-state index in [-0.39, 0.29) is 18.8 Å². The molecule has 20 heavy (non-hydrogen) atoms. The predicted molar refractivity (Wildman–Crippen MR) is 71.2 cm³/mol. The molecule has 1 aromatic rings. The smallest absolute Gasteiger partial charge is 0.375 e. The van der Waals surface area contributed by atoms with Crippen LogP contribution in [0.25, 0.3) is 0 Å². The summed E-state index contributed by atoms with van der Waals surface area (Å²) in [7, 11) is 0. The fourth-order valence-corrected chi connectivity index (χ4v) is 1.43. The highest BCUT2D eigenvalue weighted by Gasteiger charge is 2.26. The van der Waals surface area contributed by atoms with E-state index in [1.165, 1.54) is 0 Å². The Balaban J connectivity index is 2.40. The number of nitrogens with zero attached hydrogens (tertiary/aromatic N) is 1. The van der Waals surface area contributed by atoms with Gasteiger partial charge >= 0.3 is 6.18 Å². The molecule has 114 valence electrons. The number of hydrogen-bond acceptors (Lipinski definition) is 3. The maximum atomic E-state index is 12.0. The summed E-state index contributed by atoms with van der Waals surface area (Å²) in [4.78, 5) is 4.34. The van der Waals surface area contributed by atoms with Crippen LogP contribution in [0, 0.1) is 0 Å². The summed E-state index contributed by atoms with van der Waals surface area (Å²) in [6.45, 7) is 6.53. The van der Waals surface area contributed by atoms with Gasteiger partial charge in [0.05, 0.1) is 31.0 Å². The first-order valence-electron chi connectivity index (χ1n) is 6.50. The first-order chi connectivity index (χ1) is 9.16. The molecule has 0 radical (unpaired) electrons. The third-order valence-electron chi connectivity index (χ3n) is 2.44. The molecule has 0 saturated heterocycles. The van der Waals surface area contributed by atoms with E-state index in [0.29, 0.717) is 12.2 Å². The second-order valence-electron chi connectivity index (χ2n) is 5.64. The maximum absolute atomic E-state index is 12.0. The van der Waals surface area contributed by atoms with Gasteiger partial charge in [-0.3, -0.25) is 4.98 Å². The average Bonchev–Trinajstić information content (AvgIpc) is 2.31. The van der Waals surface area contributed by atoms with Crippen LogP contribution in [0.15, 0.2) is 18.2 Å². The molecule has 0 unspecified atom stereocenters. The topological polar surface area (TPSA) is 34.1 Å². The monoisotopic (exact) mass is 290 g/mol. The van der Waals surface area contributed by atoms with Crippen LogP contribution in [0.1, 0.15) is 38.6 Å². The molecule has 0 aromatic carbocycles. The van der Waals surface area contributed by atoms with Crippen molar-refractivity contribution < 1.29 is 17.9 Å². The van der Waals surface area contributed by atoms with Crippen LogP contribution in [0.3, 0.4) is 0 Å². The summed E-state index contributed by atoms with van der Waals surface area (Å²) < 4.78 is 40.9. The summed E-state index contributed by atoms with van der Waals surface area (Å²) >= 11 is 0. The molecule has 1 rings (SSSR count). The third kappa shape index (κ3) is 8.12. The highest BCUT2D eigenvalue weighted by atomic mass is 19.4. The second kappa shape index (κ2) is 7.04. The molecule has 3 nitrogen and oxygen atoms in total. The van der Waals surface area contributed by atoms with E-state index >= 15 is 0 Å². The van der Waals surface area contributed by atoms with Crippen LogP contribution in [0.4, 0.5) is 13.2 Å². The molecule has 1 aromatic heterocycles. The molecule has 0 atom stereocenters. The van der Waals surface area contributed by atoms with E-state index in [1.54, 1.807) is 6.07 Å². The normalized spacial score (nSPS) is 12.7. The van der Waals surface area contributed by atoms with Crippen molar-refractivity contribution in [1.82, 2.24) is 10.3 Å². The average molecular weight is 290 g/mol. The lowest BCUT2D eigenvalue weighted by Crippen LogP contribution is -2.35. The zero-order valence-corrected chi connectivity index (χ0v) is 12.0. The van der Waals surface area contributed by atoms with Crippen molar-refractivity contribution in [3.05, 3.63) is 29.6 Å². The van der Waals surface area contributed by atoms with Gasteiger partial charge in [-0.1, -0.05) is 6.07 Å². The van der Waals surface area contributed by atoms with Crippen LogP contribution in [0.2, 0.25) is 0 Å². The van der Waals surface area contributed by atoms with Crippen LogP contribution in [-0.2, 0) is 17.9 Å². The number of ether oxygens (including phenoxy) is 1. The Morgan fingerprint density at radius 2 is 1.80 bits per heavy atom. The third-order valence-corrected chi connectivity index (χ3v) is 2.44. The Kier molecular flexibility index (Phi) is 5.95. The van der Waals surface area contributed by atoms with E-state index in [9.17, 15) is 13.2 Å². The molecule has 1 N–H and O–H groups in total. The summed E-state index contributed by atoms with van der Waals surface area (Å²) in [6.07, 6.45) is -5.11. The number of alkyl halides is 3. The Labute approximate surface area is 117 Å². The van der Waals surface area contributed by atoms with Gasteiger partial charge in [-0.15, -0.1) is 0 Å². The van der Waals surface area contributed by atoms with Gasteiger partial charge in [0, 0.05) is 12.1 Å². The molecule has 0 aliphatic carbocycles. The summed E-state index contributed by atoms with van der Waals surface area (Å²) in [5.74, 6) is 0. The standard InChI is InChI=1S/C14H21F3N2O/c1-13(2,3)18-9-11-5-4-6-12(19-11)10-20-8-7-14(15,16)17/h4-6,18H,7-10H2,1-3H3. The minimum atomic E-state index is -4.17. The second-order valence-corrected chi connectivity index (χ2v) is 5.64. The molecule has 0 aliphatic heterocycles. The summed E-state index contributed by atoms with van der Waals surface area (Å²) in [6, 6.07) is 5.45. The number of halogens is 3. The van der Waals surface area contributed by atoms with Crippen molar-refractivity contribution >= 4 is 0 Å². The molecular formula is C14H21F3N2O. The number of aromatic nitrogens is 1. The number of nitrogens with one attached hydrogen (secondary N) is 1. The minimum Gasteiger partial charge on any atom is -0.375 e. The first-order valence-corrected chi connectivity index (χ1v) is 6.50. The zero-order chi connectivity index (χ0) is 15.2. The lowest BCUT2D eigenvalue weighted by molar-refractivity contribution is -0.146. The molecule has 0 saturated carbocycles. The maximum Gasteiger partial charge on any atom is 0.391 e. The molecule has 0 aliphatic rings. The van der Waals surface area contributed by atoms with Crippen molar-refractivity contribution in [2.24, 2.45) is 0 Å². The van der Waals surface area contributed by atoms with Gasteiger partial charge in [0.25, 0.3) is 0 Å². The van der Waals surface area contributed by atoms with E-state index in [4.69, 9.17) is 4.74 Å². The number of pyridine rings is 1. The zero-order valence-electron chi connectivity index (χ0n) is 12.0. The fraction of sp³-hybridized carbons (Fsp3) is 0.643. The number of rotatable bonds is 6. The fourth-order valence-electron chi connectivity index (χ4n) is 1.43. The van der Waals surface area contributed by atoms with Gasteiger partial charge in [0.2, 0.25) is 0 Å². The van der Waals surface area contributed by atoms with Crippen molar-refractivity contribution in [1.29, 1.82) is 0 Å². The predicted octanol–water partition coefficient (Wildman–Crippen LogP) is 3.44. The van der Waals surface area contributed by atoms with E-state index in [2.05, 4.69) is 31.1 Å². The highest BCUT2D eigenvalue weighted by Crippen LogP contribution is 2.19. The van der Waals surface area contributed by atoms with Crippen molar-refractivity contribution in [2.75, 3.05) is 6.61 Å². The Bertz CT molecular complexity index is 414. The van der Waals surface area contributed by atoms with Crippen LogP contribution >= 0.6 is 0 Å². The van der Waals surface area contributed by atoms with E-state index in [0.717, 1.165) is 5.69 Å². The minimum absolute atomic E-state index is 0.0130. The number of hydrogen-bond donors (Lipinski definition) is 1.